The second-order valence-corrected chi connectivity index (χ2v) is 8.11. The van der Waals surface area contributed by atoms with Crippen molar-refractivity contribution in [1.82, 2.24) is 4.98 Å². The number of nitrogens with zero attached hydrogens (tertiary/aromatic N) is 2. The van der Waals surface area contributed by atoms with Crippen LogP contribution in [0.25, 0.3) is 6.08 Å². The van der Waals surface area contributed by atoms with Gasteiger partial charge >= 0.3 is 0 Å². The Morgan fingerprint density at radius 2 is 1.84 bits per heavy atom. The van der Waals surface area contributed by atoms with Crippen molar-refractivity contribution in [2.24, 2.45) is 5.92 Å². The number of benzene rings is 1. The van der Waals surface area contributed by atoms with Crippen molar-refractivity contribution in [1.29, 1.82) is 0 Å². The highest BCUT2D eigenvalue weighted by molar-refractivity contribution is 5.72. The van der Waals surface area contributed by atoms with Crippen molar-refractivity contribution in [3.05, 3.63) is 63.9 Å². The molecule has 0 bridgehead atoms. The molecule has 1 unspecified atom stereocenters. The normalized spacial score (nSPS) is 19.4. The Labute approximate surface area is 152 Å². The Balaban J connectivity index is 2.10. The van der Waals surface area contributed by atoms with Gasteiger partial charge in [-0.1, -0.05) is 43.7 Å². The average Bonchev–Trinajstić information content (AvgIpc) is 2.54. The van der Waals surface area contributed by atoms with Crippen LogP contribution in [0.15, 0.2) is 30.3 Å². The van der Waals surface area contributed by atoms with Gasteiger partial charge in [-0.2, -0.15) is 0 Å². The first-order valence-electron chi connectivity index (χ1n) is 9.23. The fraction of sp³-hybridized carbons (Fsp3) is 0.435. The molecular formula is C23H30N2. The second kappa shape index (κ2) is 6.33. The van der Waals surface area contributed by atoms with Crippen LogP contribution in [-0.2, 0) is 12.0 Å². The lowest BCUT2D eigenvalue weighted by Gasteiger charge is -2.42. The molecule has 1 aromatic heterocycles. The SMILES string of the molecule is Cc1cc(C)c(C)c(C2(C)C=Cc3ccc(CC(C)C)nc3N2C)c1. The highest BCUT2D eigenvalue weighted by atomic mass is 15.2. The molecule has 3 rings (SSSR count). The number of hydrogen-bond donors (Lipinski definition) is 0. The molecule has 2 aromatic rings. The van der Waals surface area contributed by atoms with Gasteiger partial charge in [0.15, 0.2) is 0 Å². The van der Waals surface area contributed by atoms with Crippen molar-refractivity contribution < 1.29 is 0 Å². The fourth-order valence-corrected chi connectivity index (χ4v) is 3.85. The highest BCUT2D eigenvalue weighted by Crippen LogP contribution is 2.41. The van der Waals surface area contributed by atoms with Gasteiger partial charge in [0.05, 0.1) is 5.54 Å². The summed E-state index contributed by atoms with van der Waals surface area (Å²) in [5.74, 6) is 1.70. The number of aromatic nitrogens is 1. The number of hydrogen-bond acceptors (Lipinski definition) is 2. The van der Waals surface area contributed by atoms with Gasteiger partial charge in [0.1, 0.15) is 5.82 Å². The van der Waals surface area contributed by atoms with Crippen LogP contribution in [0.5, 0.6) is 0 Å². The molecule has 1 aromatic carbocycles. The summed E-state index contributed by atoms with van der Waals surface area (Å²) in [6, 6.07) is 8.97. The zero-order valence-corrected chi connectivity index (χ0v) is 16.6. The molecule has 25 heavy (non-hydrogen) atoms. The Kier molecular flexibility index (Phi) is 4.49. The van der Waals surface area contributed by atoms with Crippen LogP contribution in [0.2, 0.25) is 0 Å². The van der Waals surface area contributed by atoms with Crippen LogP contribution in [0.1, 0.15) is 54.3 Å². The zero-order valence-electron chi connectivity index (χ0n) is 16.6. The molecule has 0 saturated heterocycles. The van der Waals surface area contributed by atoms with E-state index in [1.807, 2.05) is 0 Å². The van der Waals surface area contributed by atoms with E-state index in [1.54, 1.807) is 0 Å². The maximum absolute atomic E-state index is 5.00. The lowest BCUT2D eigenvalue weighted by Crippen LogP contribution is -2.43. The third kappa shape index (κ3) is 3.10. The molecule has 0 spiro atoms. The van der Waals surface area contributed by atoms with E-state index < -0.39 is 0 Å². The Morgan fingerprint density at radius 1 is 1.12 bits per heavy atom. The summed E-state index contributed by atoms with van der Waals surface area (Å²) in [7, 11) is 2.17. The van der Waals surface area contributed by atoms with Crippen molar-refractivity contribution in [2.45, 2.75) is 53.5 Å². The minimum absolute atomic E-state index is 0.183. The first-order chi connectivity index (χ1) is 11.7. The molecule has 2 nitrogen and oxygen atoms in total. The Morgan fingerprint density at radius 3 is 2.52 bits per heavy atom. The standard InChI is InChI=1S/C23H30N2/c1-15(2)12-20-9-8-19-10-11-23(6,25(7)22(19)24-20)21-14-16(3)13-17(4)18(21)5/h8-11,13-15H,12H2,1-7H3. The van der Waals surface area contributed by atoms with Gasteiger partial charge in [0.25, 0.3) is 0 Å². The van der Waals surface area contributed by atoms with Gasteiger partial charge in [0.2, 0.25) is 0 Å². The number of likely N-dealkylation sites (N-methyl/N-ethyl adjacent to an activating group) is 1. The number of fused-ring (bicyclic) bond motifs is 1. The summed E-state index contributed by atoms with van der Waals surface area (Å²) in [6.45, 7) is 13.4. The molecule has 1 atom stereocenters. The molecule has 0 aliphatic carbocycles. The molecule has 0 amide bonds. The monoisotopic (exact) mass is 334 g/mol. The highest BCUT2D eigenvalue weighted by Gasteiger charge is 2.35. The van der Waals surface area contributed by atoms with Gasteiger partial charge < -0.3 is 4.90 Å². The number of aryl methyl sites for hydroxylation is 2. The van der Waals surface area contributed by atoms with Gasteiger partial charge in [-0.15, -0.1) is 0 Å². The van der Waals surface area contributed by atoms with Gasteiger partial charge in [-0.3, -0.25) is 0 Å². The van der Waals surface area contributed by atoms with Crippen LogP contribution in [0, 0.1) is 26.7 Å². The zero-order chi connectivity index (χ0) is 18.4. The van der Waals surface area contributed by atoms with Crippen LogP contribution < -0.4 is 4.90 Å². The van der Waals surface area contributed by atoms with Crippen LogP contribution in [0.4, 0.5) is 5.82 Å². The van der Waals surface area contributed by atoms with Crippen molar-refractivity contribution in [3.8, 4) is 0 Å². The maximum Gasteiger partial charge on any atom is 0.136 e. The van der Waals surface area contributed by atoms with E-state index in [9.17, 15) is 0 Å². The van der Waals surface area contributed by atoms with Gasteiger partial charge in [0, 0.05) is 18.3 Å². The van der Waals surface area contributed by atoms with Crippen LogP contribution in [-0.4, -0.2) is 12.0 Å². The summed E-state index contributed by atoms with van der Waals surface area (Å²) < 4.78 is 0. The first-order valence-corrected chi connectivity index (χ1v) is 9.23. The molecule has 2 heteroatoms. The third-order valence-electron chi connectivity index (χ3n) is 5.54. The molecule has 0 radical (unpaired) electrons. The van der Waals surface area contributed by atoms with E-state index >= 15 is 0 Å². The van der Waals surface area contributed by atoms with Crippen molar-refractivity contribution >= 4 is 11.9 Å². The average molecular weight is 335 g/mol. The van der Waals surface area contributed by atoms with Crippen molar-refractivity contribution in [3.63, 3.8) is 0 Å². The molecule has 2 heterocycles. The number of anilines is 1. The lowest BCUT2D eigenvalue weighted by molar-refractivity contribution is 0.563. The largest absolute Gasteiger partial charge is 0.346 e. The molecule has 0 saturated carbocycles. The summed E-state index contributed by atoms with van der Waals surface area (Å²) in [5.41, 5.74) is 7.60. The Bertz CT molecular complexity index is 832. The Hall–Kier alpha value is -2.09. The summed E-state index contributed by atoms with van der Waals surface area (Å²) in [5, 5.41) is 0. The van der Waals surface area contributed by atoms with Gasteiger partial charge in [-0.05, 0) is 68.9 Å². The van der Waals surface area contributed by atoms with E-state index in [4.69, 9.17) is 4.98 Å². The van der Waals surface area contributed by atoms with E-state index in [-0.39, 0.29) is 5.54 Å². The number of rotatable bonds is 3. The third-order valence-corrected chi connectivity index (χ3v) is 5.54. The van der Waals surface area contributed by atoms with E-state index in [0.717, 1.165) is 12.2 Å². The first kappa shape index (κ1) is 17.7. The lowest BCUT2D eigenvalue weighted by atomic mass is 9.82. The van der Waals surface area contributed by atoms with Gasteiger partial charge in [-0.25, -0.2) is 4.98 Å². The van der Waals surface area contributed by atoms with E-state index in [1.165, 1.54) is 33.5 Å². The minimum Gasteiger partial charge on any atom is -0.346 e. The fourth-order valence-electron chi connectivity index (χ4n) is 3.85. The van der Waals surface area contributed by atoms with Crippen molar-refractivity contribution in [2.75, 3.05) is 11.9 Å². The molecule has 0 fully saturated rings. The second-order valence-electron chi connectivity index (χ2n) is 8.11. The van der Waals surface area contributed by atoms with E-state index in [0.29, 0.717) is 5.92 Å². The molecule has 0 N–H and O–H groups in total. The van der Waals surface area contributed by atoms with E-state index in [2.05, 4.69) is 89.9 Å². The molecule has 1 aliphatic heterocycles. The quantitative estimate of drug-likeness (QED) is 0.728. The summed E-state index contributed by atoms with van der Waals surface area (Å²) in [6.07, 6.45) is 5.57. The summed E-state index contributed by atoms with van der Waals surface area (Å²) in [4.78, 5) is 7.35. The number of pyridine rings is 1. The summed E-state index contributed by atoms with van der Waals surface area (Å²) >= 11 is 0. The van der Waals surface area contributed by atoms with Crippen LogP contribution >= 0.6 is 0 Å². The topological polar surface area (TPSA) is 16.1 Å². The predicted octanol–water partition coefficient (Wildman–Crippen LogP) is 5.58. The van der Waals surface area contributed by atoms with Crippen LogP contribution in [0.3, 0.4) is 0 Å². The minimum atomic E-state index is -0.183. The molecule has 132 valence electrons. The molecular weight excluding hydrogens is 304 g/mol. The smallest absolute Gasteiger partial charge is 0.136 e. The predicted molar refractivity (Wildman–Crippen MR) is 108 cm³/mol. The maximum atomic E-state index is 5.00. The molecule has 1 aliphatic rings.